The third kappa shape index (κ3) is 4.69. The van der Waals surface area contributed by atoms with Gasteiger partial charge in [0, 0.05) is 16.8 Å². The van der Waals surface area contributed by atoms with Crippen LogP contribution in [-0.4, -0.2) is 39.8 Å². The number of tetrazole rings is 1. The SMILES string of the molecule is COc1ccc(-c2cc(NC(=O)c3cccc(-n4cnnn4)c3)ccc2OC(F)F)cc1. The molecule has 3 aromatic carbocycles. The molecule has 0 spiro atoms. The Morgan fingerprint density at radius 3 is 2.56 bits per heavy atom. The average Bonchev–Trinajstić information content (AvgIpc) is 3.35. The summed E-state index contributed by atoms with van der Waals surface area (Å²) in [6, 6.07) is 18.0. The predicted molar refractivity (Wildman–Crippen MR) is 112 cm³/mol. The summed E-state index contributed by atoms with van der Waals surface area (Å²) in [4.78, 5) is 12.8. The third-order valence-electron chi connectivity index (χ3n) is 4.58. The number of hydrogen-bond acceptors (Lipinski definition) is 6. The first-order valence-electron chi connectivity index (χ1n) is 9.41. The van der Waals surface area contributed by atoms with Gasteiger partial charge in [-0.2, -0.15) is 8.78 Å². The van der Waals surface area contributed by atoms with Crippen molar-refractivity contribution in [3.05, 3.63) is 78.6 Å². The molecule has 0 saturated heterocycles. The second-order valence-corrected chi connectivity index (χ2v) is 6.58. The van der Waals surface area contributed by atoms with Crippen molar-refractivity contribution < 1.29 is 23.0 Å². The molecule has 0 aliphatic carbocycles. The number of carbonyl (C=O) groups excluding carboxylic acids is 1. The largest absolute Gasteiger partial charge is 0.497 e. The van der Waals surface area contributed by atoms with Gasteiger partial charge in [-0.15, -0.1) is 5.10 Å². The lowest BCUT2D eigenvalue weighted by Gasteiger charge is -2.14. The summed E-state index contributed by atoms with van der Waals surface area (Å²) in [5.41, 5.74) is 2.42. The van der Waals surface area contributed by atoms with Gasteiger partial charge in [-0.05, 0) is 64.5 Å². The van der Waals surface area contributed by atoms with Crippen molar-refractivity contribution in [1.82, 2.24) is 20.2 Å². The number of benzene rings is 3. The summed E-state index contributed by atoms with van der Waals surface area (Å²) in [6.45, 7) is -2.98. The summed E-state index contributed by atoms with van der Waals surface area (Å²) in [6.07, 6.45) is 1.42. The van der Waals surface area contributed by atoms with E-state index in [1.165, 1.54) is 30.3 Å². The van der Waals surface area contributed by atoms with E-state index in [0.717, 1.165) is 0 Å². The Hall–Kier alpha value is -4.34. The van der Waals surface area contributed by atoms with Gasteiger partial charge in [0.05, 0.1) is 12.8 Å². The molecular formula is C22H17F2N5O3. The number of amides is 1. The summed E-state index contributed by atoms with van der Waals surface area (Å²) in [7, 11) is 1.53. The first-order valence-corrected chi connectivity index (χ1v) is 9.41. The molecule has 1 aromatic heterocycles. The molecule has 1 amide bonds. The molecule has 0 fully saturated rings. The highest BCUT2D eigenvalue weighted by molar-refractivity contribution is 6.05. The summed E-state index contributed by atoms with van der Waals surface area (Å²) in [5.74, 6) is 0.226. The summed E-state index contributed by atoms with van der Waals surface area (Å²) >= 11 is 0. The fraction of sp³-hybridized carbons (Fsp3) is 0.0909. The lowest BCUT2D eigenvalue weighted by molar-refractivity contribution is -0.0494. The van der Waals surface area contributed by atoms with Gasteiger partial charge in [0.15, 0.2) is 0 Å². The fourth-order valence-corrected chi connectivity index (χ4v) is 3.08. The summed E-state index contributed by atoms with van der Waals surface area (Å²) in [5, 5.41) is 13.7. The van der Waals surface area contributed by atoms with Gasteiger partial charge in [-0.25, -0.2) is 4.68 Å². The van der Waals surface area contributed by atoms with E-state index in [1.54, 1.807) is 54.6 Å². The van der Waals surface area contributed by atoms with Crippen molar-refractivity contribution in [3.8, 4) is 28.3 Å². The van der Waals surface area contributed by atoms with E-state index in [0.29, 0.717) is 33.8 Å². The molecule has 1 heterocycles. The second-order valence-electron chi connectivity index (χ2n) is 6.58. The number of halogens is 2. The molecule has 32 heavy (non-hydrogen) atoms. The Labute approximate surface area is 181 Å². The number of rotatable bonds is 7. The Kier molecular flexibility index (Phi) is 6.02. The molecule has 0 aliphatic heterocycles. The molecule has 162 valence electrons. The molecule has 1 N–H and O–H groups in total. The van der Waals surface area contributed by atoms with Crippen LogP contribution in [0, 0.1) is 0 Å². The molecule has 0 bridgehead atoms. The molecule has 4 aromatic rings. The van der Waals surface area contributed by atoms with Crippen molar-refractivity contribution in [2.45, 2.75) is 6.61 Å². The lowest BCUT2D eigenvalue weighted by Crippen LogP contribution is -2.13. The minimum atomic E-state index is -2.98. The number of aromatic nitrogens is 4. The molecule has 4 rings (SSSR count). The van der Waals surface area contributed by atoms with Gasteiger partial charge in [-0.3, -0.25) is 4.79 Å². The standard InChI is InChI=1S/C22H17F2N5O3/c1-31-18-8-5-14(6-9-18)19-12-16(7-10-20(19)32-22(23)24)26-21(30)15-3-2-4-17(11-15)29-13-25-27-28-29/h2-13,22H,1H3,(H,26,30). The van der Waals surface area contributed by atoms with E-state index in [2.05, 4.69) is 25.6 Å². The van der Waals surface area contributed by atoms with E-state index in [4.69, 9.17) is 4.74 Å². The van der Waals surface area contributed by atoms with Crippen LogP contribution in [-0.2, 0) is 0 Å². The number of methoxy groups -OCH3 is 1. The van der Waals surface area contributed by atoms with Crippen LogP contribution in [0.5, 0.6) is 11.5 Å². The maximum absolute atomic E-state index is 12.9. The second kappa shape index (κ2) is 9.21. The first kappa shape index (κ1) is 20.9. The Morgan fingerprint density at radius 1 is 1.06 bits per heavy atom. The highest BCUT2D eigenvalue weighted by Crippen LogP contribution is 2.34. The van der Waals surface area contributed by atoms with Gasteiger partial charge >= 0.3 is 6.61 Å². The highest BCUT2D eigenvalue weighted by atomic mass is 19.3. The van der Waals surface area contributed by atoms with Gasteiger partial charge in [-0.1, -0.05) is 18.2 Å². The predicted octanol–water partition coefficient (Wildman–Crippen LogP) is 4.19. The Morgan fingerprint density at radius 2 is 1.88 bits per heavy atom. The van der Waals surface area contributed by atoms with Crippen LogP contribution in [0.1, 0.15) is 10.4 Å². The van der Waals surface area contributed by atoms with Crippen molar-refractivity contribution >= 4 is 11.6 Å². The average molecular weight is 437 g/mol. The monoisotopic (exact) mass is 437 g/mol. The van der Waals surface area contributed by atoms with E-state index in [9.17, 15) is 13.6 Å². The van der Waals surface area contributed by atoms with Gasteiger partial charge in [0.1, 0.15) is 17.8 Å². The highest BCUT2D eigenvalue weighted by Gasteiger charge is 2.15. The van der Waals surface area contributed by atoms with Crippen molar-refractivity contribution in [2.24, 2.45) is 0 Å². The zero-order valence-corrected chi connectivity index (χ0v) is 16.8. The number of nitrogens with one attached hydrogen (secondary N) is 1. The number of anilines is 1. The molecule has 0 unspecified atom stereocenters. The Bertz CT molecular complexity index is 1210. The lowest BCUT2D eigenvalue weighted by atomic mass is 10.0. The zero-order chi connectivity index (χ0) is 22.5. The minimum Gasteiger partial charge on any atom is -0.497 e. The third-order valence-corrected chi connectivity index (χ3v) is 4.58. The zero-order valence-electron chi connectivity index (χ0n) is 16.8. The number of carbonyl (C=O) groups is 1. The fourth-order valence-electron chi connectivity index (χ4n) is 3.08. The number of ether oxygens (including phenoxy) is 2. The van der Waals surface area contributed by atoms with Crippen molar-refractivity contribution in [1.29, 1.82) is 0 Å². The Balaban J connectivity index is 1.62. The van der Waals surface area contributed by atoms with Crippen LogP contribution < -0.4 is 14.8 Å². The minimum absolute atomic E-state index is 0.0103. The quantitative estimate of drug-likeness (QED) is 0.466. The maximum Gasteiger partial charge on any atom is 0.387 e. The van der Waals surface area contributed by atoms with E-state index in [1.807, 2.05) is 0 Å². The molecule has 0 atom stereocenters. The van der Waals surface area contributed by atoms with Crippen LogP contribution in [0.25, 0.3) is 16.8 Å². The first-order chi connectivity index (χ1) is 15.5. The van der Waals surface area contributed by atoms with Crippen LogP contribution in [0.15, 0.2) is 73.1 Å². The molecular weight excluding hydrogens is 420 g/mol. The van der Waals surface area contributed by atoms with E-state index < -0.39 is 6.61 Å². The molecule has 0 saturated carbocycles. The van der Waals surface area contributed by atoms with Crippen molar-refractivity contribution in [3.63, 3.8) is 0 Å². The number of alkyl halides is 2. The van der Waals surface area contributed by atoms with Crippen molar-refractivity contribution in [2.75, 3.05) is 12.4 Å². The van der Waals surface area contributed by atoms with Crippen LogP contribution in [0.4, 0.5) is 14.5 Å². The molecule has 0 radical (unpaired) electrons. The normalized spacial score (nSPS) is 10.8. The molecule has 8 nitrogen and oxygen atoms in total. The van der Waals surface area contributed by atoms with E-state index >= 15 is 0 Å². The molecule has 10 heteroatoms. The maximum atomic E-state index is 12.9. The number of hydrogen-bond donors (Lipinski definition) is 1. The van der Waals surface area contributed by atoms with E-state index in [-0.39, 0.29) is 11.7 Å². The van der Waals surface area contributed by atoms with Crippen LogP contribution in [0.2, 0.25) is 0 Å². The topological polar surface area (TPSA) is 91.2 Å². The molecule has 0 aliphatic rings. The van der Waals surface area contributed by atoms with Gasteiger partial charge in [0.25, 0.3) is 5.91 Å². The van der Waals surface area contributed by atoms with Gasteiger partial charge in [0.2, 0.25) is 0 Å². The van der Waals surface area contributed by atoms with Crippen LogP contribution >= 0.6 is 0 Å². The summed E-state index contributed by atoms with van der Waals surface area (Å²) < 4.78 is 37.0. The number of nitrogens with zero attached hydrogens (tertiary/aromatic N) is 4. The van der Waals surface area contributed by atoms with Crippen LogP contribution in [0.3, 0.4) is 0 Å². The smallest absolute Gasteiger partial charge is 0.387 e. The van der Waals surface area contributed by atoms with Gasteiger partial charge < -0.3 is 14.8 Å².